The zero-order valence-corrected chi connectivity index (χ0v) is 31.4. The first kappa shape index (κ1) is 36.8. The molecule has 2 unspecified atom stereocenters. The molecule has 1 saturated carbocycles. The number of piperazine rings is 1. The van der Waals surface area contributed by atoms with Gasteiger partial charge in [0, 0.05) is 75.5 Å². The van der Waals surface area contributed by atoms with Gasteiger partial charge in [0.2, 0.25) is 5.91 Å². The summed E-state index contributed by atoms with van der Waals surface area (Å²) in [6.07, 6.45) is 8.20. The third-order valence-corrected chi connectivity index (χ3v) is 11.3. The largest absolute Gasteiger partial charge is 0.494 e. The zero-order chi connectivity index (χ0) is 38.1. The van der Waals surface area contributed by atoms with Crippen molar-refractivity contribution >= 4 is 34.6 Å². The average molecular weight is 751 g/mol. The minimum absolute atomic E-state index is 0.199. The van der Waals surface area contributed by atoms with Crippen LogP contribution in [-0.2, 0) is 9.63 Å². The number of rotatable bonds is 11. The number of carbonyl (C=O) groups excluding carboxylic acids is 1. The van der Waals surface area contributed by atoms with Gasteiger partial charge in [-0.3, -0.25) is 19.4 Å². The quantitative estimate of drug-likeness (QED) is 0.152. The molecule has 3 aliphatic heterocycles. The fourth-order valence-electron chi connectivity index (χ4n) is 8.45. The van der Waals surface area contributed by atoms with Crippen molar-refractivity contribution in [3.63, 3.8) is 0 Å². The maximum Gasteiger partial charge on any atom is 0.247 e. The Kier molecular flexibility index (Phi) is 10.7. The first-order chi connectivity index (χ1) is 26.8. The fourth-order valence-corrected chi connectivity index (χ4v) is 8.45. The second-order valence-corrected chi connectivity index (χ2v) is 14.9. The summed E-state index contributed by atoms with van der Waals surface area (Å²) in [7, 11) is 1.63. The van der Waals surface area contributed by atoms with Crippen molar-refractivity contribution in [3.05, 3.63) is 96.8 Å². The van der Waals surface area contributed by atoms with Crippen molar-refractivity contribution in [1.82, 2.24) is 19.8 Å². The van der Waals surface area contributed by atoms with E-state index in [0.29, 0.717) is 65.0 Å². The second-order valence-electron chi connectivity index (χ2n) is 14.9. The number of benzene rings is 3. The van der Waals surface area contributed by atoms with Crippen LogP contribution in [-0.4, -0.2) is 90.2 Å². The first-order valence-electron chi connectivity index (χ1n) is 19.2. The minimum atomic E-state index is -0.628. The van der Waals surface area contributed by atoms with Gasteiger partial charge < -0.3 is 20.3 Å². The van der Waals surface area contributed by atoms with Crippen LogP contribution in [0.25, 0.3) is 11.1 Å². The Morgan fingerprint density at radius 3 is 2.44 bits per heavy atom. The Morgan fingerprint density at radius 2 is 1.71 bits per heavy atom. The van der Waals surface area contributed by atoms with Gasteiger partial charge in [0.05, 0.1) is 36.8 Å². The molecule has 0 bridgehead atoms. The van der Waals surface area contributed by atoms with Crippen LogP contribution in [0.4, 0.5) is 37.5 Å². The van der Waals surface area contributed by atoms with E-state index in [1.807, 2.05) is 36.4 Å². The van der Waals surface area contributed by atoms with E-state index in [1.165, 1.54) is 37.4 Å². The number of hydrogen-bond donors (Lipinski definition) is 2. The van der Waals surface area contributed by atoms with E-state index in [-0.39, 0.29) is 11.9 Å². The average Bonchev–Trinajstić information content (AvgIpc) is 3.92. The molecule has 1 aromatic heterocycles. The van der Waals surface area contributed by atoms with E-state index in [4.69, 9.17) is 9.57 Å². The molecule has 4 fully saturated rings. The van der Waals surface area contributed by atoms with Crippen LogP contribution in [0.15, 0.2) is 79.6 Å². The number of hydroxylamine groups is 1. The number of amides is 1. The Labute approximate surface area is 320 Å². The summed E-state index contributed by atoms with van der Waals surface area (Å²) in [6, 6.07) is 18.5. The number of nitrogens with zero attached hydrogens (tertiary/aromatic N) is 6. The van der Waals surface area contributed by atoms with Crippen molar-refractivity contribution in [2.24, 2.45) is 0 Å². The lowest BCUT2D eigenvalue weighted by molar-refractivity contribution is -0.111. The standard InChI is InChI=1S/C42H48F2N8O3/c1-4-42(53)48-35-22-36(39(54-3)23-38(35)49-13-10-33(11-14-49)50-15-16-51(27(2)25-50)34-8-9-34)47-40-24-41(46-26-45-40)52-37(12-17-55-52)29-7-5-6-28(18-29)30-19-31(43)21-32(44)20-30/h4-7,18-24,26-27,33-34,37H,1,8-17,25H2,2-3H3,(H,48,53)(H,45,46,47). The van der Waals surface area contributed by atoms with Gasteiger partial charge in [-0.25, -0.2) is 23.8 Å². The van der Waals surface area contributed by atoms with Gasteiger partial charge in [-0.1, -0.05) is 24.8 Å². The van der Waals surface area contributed by atoms with Crippen LogP contribution in [0.3, 0.4) is 0 Å². The van der Waals surface area contributed by atoms with E-state index < -0.39 is 11.6 Å². The van der Waals surface area contributed by atoms with Crippen LogP contribution in [0.1, 0.15) is 50.6 Å². The van der Waals surface area contributed by atoms with Gasteiger partial charge in [-0.05, 0) is 79.6 Å². The lowest BCUT2D eigenvalue weighted by atomic mass is 9.98. The molecule has 3 aromatic carbocycles. The number of ether oxygens (including phenoxy) is 1. The van der Waals surface area contributed by atoms with Crippen LogP contribution in [0.2, 0.25) is 0 Å². The maximum atomic E-state index is 14.0. The molecule has 1 aliphatic carbocycles. The molecule has 3 saturated heterocycles. The van der Waals surface area contributed by atoms with Crippen molar-refractivity contribution < 1.29 is 23.1 Å². The smallest absolute Gasteiger partial charge is 0.247 e. The molecule has 55 heavy (non-hydrogen) atoms. The molecule has 1 amide bonds. The van der Waals surface area contributed by atoms with Gasteiger partial charge >= 0.3 is 0 Å². The highest BCUT2D eigenvalue weighted by molar-refractivity contribution is 6.02. The first-order valence-corrected chi connectivity index (χ1v) is 19.2. The third kappa shape index (κ3) is 8.14. The van der Waals surface area contributed by atoms with E-state index in [0.717, 1.165) is 68.9 Å². The summed E-state index contributed by atoms with van der Waals surface area (Å²) in [5, 5.41) is 8.15. The summed E-state index contributed by atoms with van der Waals surface area (Å²) < 4.78 is 34.0. The monoisotopic (exact) mass is 750 g/mol. The summed E-state index contributed by atoms with van der Waals surface area (Å²) in [5.41, 5.74) is 4.23. The highest BCUT2D eigenvalue weighted by atomic mass is 19.1. The molecular formula is C42H48F2N8O3. The number of hydrogen-bond acceptors (Lipinski definition) is 10. The lowest BCUT2D eigenvalue weighted by Gasteiger charge is -2.46. The number of carbonyl (C=O) groups is 1. The highest BCUT2D eigenvalue weighted by Gasteiger charge is 2.38. The van der Waals surface area contributed by atoms with Gasteiger partial charge in [-0.15, -0.1) is 0 Å². The van der Waals surface area contributed by atoms with Crippen LogP contribution < -0.4 is 25.3 Å². The molecule has 2 atom stereocenters. The summed E-state index contributed by atoms with van der Waals surface area (Å²) >= 11 is 0. The van der Waals surface area contributed by atoms with Gasteiger partial charge in [-0.2, -0.15) is 0 Å². The molecule has 0 spiro atoms. The van der Waals surface area contributed by atoms with E-state index in [2.05, 4.69) is 48.8 Å². The molecule has 13 heteroatoms. The van der Waals surface area contributed by atoms with E-state index in [1.54, 1.807) is 18.2 Å². The van der Waals surface area contributed by atoms with E-state index >= 15 is 0 Å². The number of aromatic nitrogens is 2. The molecule has 4 aliphatic rings. The number of piperidine rings is 1. The highest BCUT2D eigenvalue weighted by Crippen LogP contribution is 2.41. The predicted molar refractivity (Wildman–Crippen MR) is 211 cm³/mol. The molecule has 4 heterocycles. The van der Waals surface area contributed by atoms with Crippen molar-refractivity contribution in [2.75, 3.05) is 67.0 Å². The summed E-state index contributed by atoms with van der Waals surface area (Å²) in [6.45, 7) is 11.6. The summed E-state index contributed by atoms with van der Waals surface area (Å²) in [5.74, 6) is 0.0620. The molecule has 288 valence electrons. The number of anilines is 5. The second kappa shape index (κ2) is 15.9. The van der Waals surface area contributed by atoms with Gasteiger partial charge in [0.25, 0.3) is 0 Å². The maximum absolute atomic E-state index is 14.0. The van der Waals surface area contributed by atoms with Crippen molar-refractivity contribution in [1.29, 1.82) is 0 Å². The Hall–Kier alpha value is -5.11. The normalized spacial score (nSPS) is 21.1. The van der Waals surface area contributed by atoms with Gasteiger partial charge in [0.1, 0.15) is 29.5 Å². The van der Waals surface area contributed by atoms with E-state index in [9.17, 15) is 13.6 Å². The van der Waals surface area contributed by atoms with Crippen LogP contribution in [0.5, 0.6) is 5.75 Å². The van der Waals surface area contributed by atoms with Crippen LogP contribution in [0, 0.1) is 11.6 Å². The number of nitrogens with one attached hydrogen (secondary N) is 2. The summed E-state index contributed by atoms with van der Waals surface area (Å²) in [4.78, 5) is 35.5. The molecule has 0 radical (unpaired) electrons. The van der Waals surface area contributed by atoms with Crippen LogP contribution >= 0.6 is 0 Å². The lowest BCUT2D eigenvalue weighted by Crippen LogP contribution is -2.57. The van der Waals surface area contributed by atoms with Gasteiger partial charge in [0.15, 0.2) is 5.82 Å². The van der Waals surface area contributed by atoms with Crippen molar-refractivity contribution in [3.8, 4) is 16.9 Å². The van der Waals surface area contributed by atoms with Crippen molar-refractivity contribution in [2.45, 2.75) is 63.2 Å². The topological polar surface area (TPSA) is 98.3 Å². The molecule has 2 N–H and O–H groups in total. The molecular weight excluding hydrogens is 703 g/mol. The molecule has 8 rings (SSSR count). The minimum Gasteiger partial charge on any atom is -0.494 e. The molecule has 4 aromatic rings. The molecule has 11 nitrogen and oxygen atoms in total. The SMILES string of the molecule is C=CC(=O)Nc1cc(Nc2cc(N3OCCC3c3cccc(-c4cc(F)cc(F)c4)c3)ncn2)c(OC)cc1N1CCC(N2CCN(C3CC3)C(C)C2)CC1. The zero-order valence-electron chi connectivity index (χ0n) is 31.4. The predicted octanol–water partition coefficient (Wildman–Crippen LogP) is 7.32. The fraction of sp³-hybridized carbons (Fsp3) is 0.405. The Morgan fingerprint density at radius 1 is 0.909 bits per heavy atom. The number of halogens is 2. The Balaban J connectivity index is 0.995. The number of methoxy groups -OCH3 is 1. The third-order valence-electron chi connectivity index (χ3n) is 11.3. The Bertz CT molecular complexity index is 2020.